The van der Waals surface area contributed by atoms with E-state index < -0.39 is 0 Å². The van der Waals surface area contributed by atoms with Crippen molar-refractivity contribution in [1.29, 1.82) is 0 Å². The molecule has 1 spiro atoms. The molecule has 3 rings (SSSR count). The summed E-state index contributed by atoms with van der Waals surface area (Å²) >= 11 is 0. The molecule has 0 N–H and O–H groups in total. The molecule has 0 bridgehead atoms. The van der Waals surface area contributed by atoms with E-state index in [1.807, 2.05) is 0 Å². The lowest BCUT2D eigenvalue weighted by Crippen LogP contribution is -2.35. The lowest BCUT2D eigenvalue weighted by molar-refractivity contribution is -0.0753. The topological polar surface area (TPSA) is 9.23 Å². The summed E-state index contributed by atoms with van der Waals surface area (Å²) in [5.74, 6) is 2.73. The summed E-state index contributed by atoms with van der Waals surface area (Å²) < 4.78 is 6.35. The Morgan fingerprint density at radius 1 is 1.20 bits per heavy atom. The van der Waals surface area contributed by atoms with E-state index in [9.17, 15) is 0 Å². The lowest BCUT2D eigenvalue weighted by atomic mass is 9.85. The first kappa shape index (κ1) is 10.1. The van der Waals surface area contributed by atoms with Crippen LogP contribution in [-0.2, 0) is 4.74 Å². The number of hydrogen-bond acceptors (Lipinski definition) is 1. The molecule has 2 aliphatic carbocycles. The van der Waals surface area contributed by atoms with Gasteiger partial charge in [0.05, 0.1) is 12.2 Å². The fraction of sp³-hybridized carbons (Fsp3) is 1.00. The van der Waals surface area contributed by atoms with E-state index in [0.717, 1.165) is 24.4 Å². The van der Waals surface area contributed by atoms with Crippen molar-refractivity contribution in [3.63, 3.8) is 0 Å². The summed E-state index contributed by atoms with van der Waals surface area (Å²) in [5.41, 5.74) is 0.769. The van der Waals surface area contributed by atoms with E-state index in [-0.39, 0.29) is 5.60 Å². The Hall–Kier alpha value is -0.0400. The van der Waals surface area contributed by atoms with Crippen molar-refractivity contribution in [2.24, 2.45) is 23.2 Å². The molecular formula is C14H24O. The van der Waals surface area contributed by atoms with Crippen molar-refractivity contribution < 1.29 is 4.74 Å². The molecule has 15 heavy (non-hydrogen) atoms. The second kappa shape index (κ2) is 3.00. The third-order valence-corrected chi connectivity index (χ3v) is 5.13. The Kier molecular flexibility index (Phi) is 2.03. The first-order chi connectivity index (χ1) is 7.01. The third kappa shape index (κ3) is 1.63. The summed E-state index contributed by atoms with van der Waals surface area (Å²) in [6, 6.07) is 0. The first-order valence-electron chi connectivity index (χ1n) is 6.65. The minimum Gasteiger partial charge on any atom is -0.374 e. The zero-order valence-corrected chi connectivity index (χ0v) is 10.4. The Morgan fingerprint density at radius 3 is 2.67 bits per heavy atom. The van der Waals surface area contributed by atoms with Gasteiger partial charge in [-0.1, -0.05) is 20.8 Å². The van der Waals surface area contributed by atoms with E-state index in [4.69, 9.17) is 4.74 Å². The van der Waals surface area contributed by atoms with Crippen molar-refractivity contribution in [2.45, 2.75) is 58.5 Å². The highest BCUT2D eigenvalue weighted by Gasteiger charge is 2.53. The van der Waals surface area contributed by atoms with Gasteiger partial charge in [0.15, 0.2) is 0 Å². The van der Waals surface area contributed by atoms with Gasteiger partial charge in [0, 0.05) is 0 Å². The van der Waals surface area contributed by atoms with Crippen LogP contribution in [0.15, 0.2) is 0 Å². The molecule has 1 saturated heterocycles. The van der Waals surface area contributed by atoms with Crippen LogP contribution >= 0.6 is 0 Å². The van der Waals surface area contributed by atoms with E-state index in [2.05, 4.69) is 20.8 Å². The van der Waals surface area contributed by atoms with Crippen LogP contribution in [0.25, 0.3) is 0 Å². The Labute approximate surface area is 93.6 Å². The quantitative estimate of drug-likeness (QED) is 0.590. The maximum Gasteiger partial charge on any atom is 0.0713 e. The molecule has 1 heteroatoms. The van der Waals surface area contributed by atoms with Crippen molar-refractivity contribution >= 4 is 0 Å². The van der Waals surface area contributed by atoms with Gasteiger partial charge in [-0.3, -0.25) is 0 Å². The molecule has 0 aromatic heterocycles. The Balaban J connectivity index is 1.78. The second-order valence-corrected chi connectivity index (χ2v) is 7.12. The predicted molar refractivity (Wildman–Crippen MR) is 61.7 cm³/mol. The molecule has 3 fully saturated rings. The highest BCUT2D eigenvalue weighted by atomic mass is 16.5. The van der Waals surface area contributed by atoms with Gasteiger partial charge in [-0.25, -0.2) is 0 Å². The molecule has 0 amide bonds. The van der Waals surface area contributed by atoms with Crippen LogP contribution in [0.3, 0.4) is 0 Å². The molecule has 4 atom stereocenters. The van der Waals surface area contributed by atoms with Gasteiger partial charge in [0.25, 0.3) is 0 Å². The van der Waals surface area contributed by atoms with Gasteiger partial charge < -0.3 is 4.74 Å². The number of ether oxygens (including phenoxy) is 1. The summed E-state index contributed by atoms with van der Waals surface area (Å²) in [6.45, 7) is 8.29. The van der Waals surface area contributed by atoms with Crippen LogP contribution in [0.1, 0.15) is 52.9 Å². The molecular weight excluding hydrogens is 184 g/mol. The van der Waals surface area contributed by atoms with Crippen LogP contribution < -0.4 is 0 Å². The van der Waals surface area contributed by atoms with Gasteiger partial charge in [-0.2, -0.15) is 0 Å². The van der Waals surface area contributed by atoms with E-state index in [0.29, 0.717) is 5.41 Å². The SMILES string of the molecule is C[C@@H]1CC(C)(C)C[C@]12CC[C@H]1C[C@@H]1CO2. The van der Waals surface area contributed by atoms with Crippen molar-refractivity contribution in [3.8, 4) is 0 Å². The minimum atomic E-state index is 0.261. The maximum absolute atomic E-state index is 6.35. The van der Waals surface area contributed by atoms with E-state index in [1.165, 1.54) is 32.1 Å². The fourth-order valence-electron chi connectivity index (χ4n) is 4.24. The van der Waals surface area contributed by atoms with Gasteiger partial charge in [-0.05, 0) is 55.3 Å². The summed E-state index contributed by atoms with van der Waals surface area (Å²) in [5, 5.41) is 0. The van der Waals surface area contributed by atoms with Crippen LogP contribution in [-0.4, -0.2) is 12.2 Å². The number of fused-ring (bicyclic) bond motifs is 1. The number of rotatable bonds is 0. The van der Waals surface area contributed by atoms with Crippen molar-refractivity contribution in [2.75, 3.05) is 6.61 Å². The number of hydrogen-bond donors (Lipinski definition) is 0. The zero-order chi connectivity index (χ0) is 10.7. The summed E-state index contributed by atoms with van der Waals surface area (Å²) in [7, 11) is 0. The minimum absolute atomic E-state index is 0.261. The monoisotopic (exact) mass is 208 g/mol. The average molecular weight is 208 g/mol. The molecule has 1 heterocycles. The Bertz CT molecular complexity index is 257. The summed E-state index contributed by atoms with van der Waals surface area (Å²) in [6.07, 6.45) is 6.86. The second-order valence-electron chi connectivity index (χ2n) is 7.12. The predicted octanol–water partition coefficient (Wildman–Crippen LogP) is 3.63. The normalized spacial score (nSPS) is 52.6. The molecule has 1 aliphatic heterocycles. The molecule has 86 valence electrons. The van der Waals surface area contributed by atoms with Crippen LogP contribution in [0, 0.1) is 23.2 Å². The largest absolute Gasteiger partial charge is 0.374 e. The standard InChI is InChI=1S/C14H24O/c1-10-7-13(2,3)9-14(10)5-4-11-6-12(11)8-15-14/h10-12H,4-9H2,1-3H3/t10-,11+,12-,14-/m1/s1. The Morgan fingerprint density at radius 2 is 2.00 bits per heavy atom. The molecule has 2 saturated carbocycles. The fourth-order valence-corrected chi connectivity index (χ4v) is 4.24. The molecule has 1 nitrogen and oxygen atoms in total. The molecule has 3 aliphatic rings. The van der Waals surface area contributed by atoms with Crippen LogP contribution in [0.2, 0.25) is 0 Å². The highest BCUT2D eigenvalue weighted by molar-refractivity contribution is 5.03. The molecule has 0 unspecified atom stereocenters. The first-order valence-corrected chi connectivity index (χ1v) is 6.65. The van der Waals surface area contributed by atoms with Gasteiger partial charge in [-0.15, -0.1) is 0 Å². The van der Waals surface area contributed by atoms with E-state index >= 15 is 0 Å². The molecule has 0 radical (unpaired) electrons. The maximum atomic E-state index is 6.35. The van der Waals surface area contributed by atoms with Gasteiger partial charge >= 0.3 is 0 Å². The van der Waals surface area contributed by atoms with Gasteiger partial charge in [0.1, 0.15) is 0 Å². The molecule has 0 aromatic rings. The van der Waals surface area contributed by atoms with Crippen molar-refractivity contribution in [3.05, 3.63) is 0 Å². The smallest absolute Gasteiger partial charge is 0.0713 e. The highest BCUT2D eigenvalue weighted by Crippen LogP contribution is 2.56. The summed E-state index contributed by atoms with van der Waals surface area (Å²) in [4.78, 5) is 0. The lowest BCUT2D eigenvalue weighted by Gasteiger charge is -2.34. The third-order valence-electron chi connectivity index (χ3n) is 5.13. The van der Waals surface area contributed by atoms with Crippen molar-refractivity contribution in [1.82, 2.24) is 0 Å². The van der Waals surface area contributed by atoms with Crippen LogP contribution in [0.4, 0.5) is 0 Å². The average Bonchev–Trinajstić information content (AvgIpc) is 2.81. The van der Waals surface area contributed by atoms with Crippen LogP contribution in [0.5, 0.6) is 0 Å². The van der Waals surface area contributed by atoms with Gasteiger partial charge in [0.2, 0.25) is 0 Å². The molecule has 0 aromatic carbocycles. The zero-order valence-electron chi connectivity index (χ0n) is 10.4. The van der Waals surface area contributed by atoms with E-state index in [1.54, 1.807) is 0 Å².